The molecule has 0 unspecified atom stereocenters. The van der Waals surface area contributed by atoms with Gasteiger partial charge in [0.05, 0.1) is 11.7 Å². The monoisotopic (exact) mass is 358 g/mol. The number of urea groups is 1. The average molecular weight is 358 g/mol. The van der Waals surface area contributed by atoms with E-state index in [4.69, 9.17) is 0 Å². The lowest BCUT2D eigenvalue weighted by atomic mass is 9.88. The normalized spacial score (nSPS) is 16.6. The quantitative estimate of drug-likeness (QED) is 0.689. The highest BCUT2D eigenvalue weighted by molar-refractivity contribution is 5.90. The zero-order chi connectivity index (χ0) is 18.6. The first-order chi connectivity index (χ1) is 13.2. The van der Waals surface area contributed by atoms with Crippen molar-refractivity contribution in [1.82, 2.24) is 10.6 Å². The summed E-state index contributed by atoms with van der Waals surface area (Å²) >= 11 is 0. The summed E-state index contributed by atoms with van der Waals surface area (Å²) in [5.41, 5.74) is 4.79. The van der Waals surface area contributed by atoms with Crippen molar-refractivity contribution < 1.29 is 9.18 Å². The lowest BCUT2D eigenvalue weighted by molar-refractivity contribution is 0.240. The van der Waals surface area contributed by atoms with Crippen LogP contribution in [0.25, 0.3) is 5.70 Å². The summed E-state index contributed by atoms with van der Waals surface area (Å²) in [4.78, 5) is 12.4. The molecule has 1 heterocycles. The van der Waals surface area contributed by atoms with Gasteiger partial charge < -0.3 is 10.6 Å². The van der Waals surface area contributed by atoms with Gasteiger partial charge in [0.15, 0.2) is 0 Å². The SMILES string of the molecule is O=C1NC(c2ccccc2)=C(Cc2ccc(F)cc2)[C@@H](c2ccccc2)N1. The maximum Gasteiger partial charge on any atom is 0.319 e. The first-order valence-corrected chi connectivity index (χ1v) is 8.86. The zero-order valence-corrected chi connectivity index (χ0v) is 14.7. The largest absolute Gasteiger partial charge is 0.327 e. The Morgan fingerprint density at radius 1 is 0.815 bits per heavy atom. The number of amides is 2. The van der Waals surface area contributed by atoms with Gasteiger partial charge in [-0.25, -0.2) is 9.18 Å². The Hall–Kier alpha value is -3.40. The van der Waals surface area contributed by atoms with E-state index in [2.05, 4.69) is 10.6 Å². The predicted octanol–water partition coefficient (Wildman–Crippen LogP) is 4.83. The molecule has 0 aromatic heterocycles. The van der Waals surface area contributed by atoms with Gasteiger partial charge in [0.1, 0.15) is 5.82 Å². The number of halogens is 1. The lowest BCUT2D eigenvalue weighted by Crippen LogP contribution is -2.43. The Bertz CT molecular complexity index is 966. The molecule has 0 fully saturated rings. The molecule has 4 heteroatoms. The molecule has 0 radical (unpaired) electrons. The van der Waals surface area contributed by atoms with Crippen LogP contribution in [-0.2, 0) is 6.42 Å². The summed E-state index contributed by atoms with van der Waals surface area (Å²) in [5.74, 6) is -0.259. The van der Waals surface area contributed by atoms with Crippen molar-refractivity contribution in [3.63, 3.8) is 0 Å². The highest BCUT2D eigenvalue weighted by Crippen LogP contribution is 2.33. The van der Waals surface area contributed by atoms with Crippen LogP contribution in [0.3, 0.4) is 0 Å². The van der Waals surface area contributed by atoms with Crippen LogP contribution in [0.2, 0.25) is 0 Å². The molecular weight excluding hydrogens is 339 g/mol. The molecular formula is C23H19FN2O. The van der Waals surface area contributed by atoms with Crippen LogP contribution in [0, 0.1) is 5.82 Å². The van der Waals surface area contributed by atoms with Crippen molar-refractivity contribution >= 4 is 11.7 Å². The minimum Gasteiger partial charge on any atom is -0.327 e. The van der Waals surface area contributed by atoms with Crippen molar-refractivity contribution in [1.29, 1.82) is 0 Å². The molecule has 0 spiro atoms. The van der Waals surface area contributed by atoms with Crippen molar-refractivity contribution in [3.05, 3.63) is 113 Å². The molecule has 2 amide bonds. The number of nitrogens with one attached hydrogen (secondary N) is 2. The van der Waals surface area contributed by atoms with Gasteiger partial charge >= 0.3 is 6.03 Å². The van der Waals surface area contributed by atoms with Crippen molar-refractivity contribution in [2.45, 2.75) is 12.5 Å². The second-order valence-corrected chi connectivity index (χ2v) is 6.51. The second kappa shape index (κ2) is 7.46. The van der Waals surface area contributed by atoms with Crippen LogP contribution >= 0.6 is 0 Å². The number of hydrogen-bond acceptors (Lipinski definition) is 1. The third kappa shape index (κ3) is 3.75. The summed E-state index contributed by atoms with van der Waals surface area (Å²) in [7, 11) is 0. The summed E-state index contributed by atoms with van der Waals surface area (Å²) < 4.78 is 13.3. The van der Waals surface area contributed by atoms with E-state index in [1.807, 2.05) is 60.7 Å². The predicted molar refractivity (Wildman–Crippen MR) is 104 cm³/mol. The zero-order valence-electron chi connectivity index (χ0n) is 14.7. The summed E-state index contributed by atoms with van der Waals surface area (Å²) in [6, 6.07) is 25.7. The number of carbonyl (C=O) groups excluding carboxylic acids is 1. The Morgan fingerprint density at radius 2 is 1.44 bits per heavy atom. The van der Waals surface area contributed by atoms with Crippen LogP contribution < -0.4 is 10.6 Å². The fraction of sp³-hybridized carbons (Fsp3) is 0.0870. The van der Waals surface area contributed by atoms with Gasteiger partial charge in [-0.15, -0.1) is 0 Å². The molecule has 0 saturated carbocycles. The molecule has 27 heavy (non-hydrogen) atoms. The van der Waals surface area contributed by atoms with Gasteiger partial charge in [0.2, 0.25) is 0 Å². The van der Waals surface area contributed by atoms with E-state index in [0.717, 1.165) is 28.0 Å². The van der Waals surface area contributed by atoms with E-state index in [-0.39, 0.29) is 17.9 Å². The standard InChI is InChI=1S/C23H19FN2O/c24-19-13-11-16(12-14-19)15-20-21(17-7-3-1-4-8-17)25-23(27)26-22(20)18-9-5-2-6-10-18/h1-14,21H,15H2,(H2,25,26,27)/t21-/m1/s1. The Morgan fingerprint density at radius 3 is 2.11 bits per heavy atom. The van der Waals surface area contributed by atoms with Crippen LogP contribution in [0.4, 0.5) is 9.18 Å². The maximum absolute atomic E-state index is 13.3. The second-order valence-electron chi connectivity index (χ2n) is 6.51. The fourth-order valence-electron chi connectivity index (χ4n) is 3.40. The van der Waals surface area contributed by atoms with Gasteiger partial charge in [-0.1, -0.05) is 72.8 Å². The van der Waals surface area contributed by atoms with Gasteiger partial charge in [-0.05, 0) is 40.8 Å². The van der Waals surface area contributed by atoms with Crippen LogP contribution in [0.5, 0.6) is 0 Å². The Labute approximate surface area is 157 Å². The Kier molecular flexibility index (Phi) is 4.71. The molecule has 0 saturated heterocycles. The summed E-state index contributed by atoms with van der Waals surface area (Å²) in [5, 5.41) is 6.00. The summed E-state index contributed by atoms with van der Waals surface area (Å²) in [6.45, 7) is 0. The van der Waals surface area contributed by atoms with Gasteiger partial charge in [0.25, 0.3) is 0 Å². The molecule has 0 aliphatic carbocycles. The minimum absolute atomic E-state index is 0.231. The first kappa shape index (κ1) is 17.0. The van der Waals surface area contributed by atoms with E-state index in [9.17, 15) is 9.18 Å². The topological polar surface area (TPSA) is 41.1 Å². The molecule has 1 atom stereocenters. The number of hydrogen-bond donors (Lipinski definition) is 2. The van der Waals surface area contributed by atoms with Crippen molar-refractivity contribution in [2.75, 3.05) is 0 Å². The fourth-order valence-corrected chi connectivity index (χ4v) is 3.40. The van der Waals surface area contributed by atoms with Crippen LogP contribution in [0.1, 0.15) is 22.7 Å². The van der Waals surface area contributed by atoms with E-state index < -0.39 is 0 Å². The third-order valence-electron chi connectivity index (χ3n) is 4.69. The highest BCUT2D eigenvalue weighted by atomic mass is 19.1. The molecule has 2 N–H and O–H groups in total. The van der Waals surface area contributed by atoms with Gasteiger partial charge in [-0.2, -0.15) is 0 Å². The number of carbonyl (C=O) groups is 1. The first-order valence-electron chi connectivity index (χ1n) is 8.86. The molecule has 1 aliphatic heterocycles. The van der Waals surface area contributed by atoms with E-state index in [0.29, 0.717) is 6.42 Å². The molecule has 3 nitrogen and oxygen atoms in total. The van der Waals surface area contributed by atoms with Gasteiger partial charge in [0, 0.05) is 0 Å². The Balaban J connectivity index is 1.84. The van der Waals surface area contributed by atoms with E-state index in [1.165, 1.54) is 12.1 Å². The molecule has 1 aliphatic rings. The van der Waals surface area contributed by atoms with Gasteiger partial charge in [-0.3, -0.25) is 0 Å². The smallest absolute Gasteiger partial charge is 0.319 e. The van der Waals surface area contributed by atoms with Crippen molar-refractivity contribution in [2.24, 2.45) is 0 Å². The molecule has 134 valence electrons. The number of benzene rings is 3. The highest BCUT2D eigenvalue weighted by Gasteiger charge is 2.28. The molecule has 3 aromatic carbocycles. The molecule has 4 rings (SSSR count). The molecule has 0 bridgehead atoms. The average Bonchev–Trinajstić information content (AvgIpc) is 2.72. The molecule has 3 aromatic rings. The van der Waals surface area contributed by atoms with Crippen LogP contribution in [0.15, 0.2) is 90.5 Å². The van der Waals surface area contributed by atoms with E-state index in [1.54, 1.807) is 12.1 Å². The maximum atomic E-state index is 13.3. The van der Waals surface area contributed by atoms with E-state index >= 15 is 0 Å². The third-order valence-corrected chi connectivity index (χ3v) is 4.69. The van der Waals surface area contributed by atoms with Crippen molar-refractivity contribution in [3.8, 4) is 0 Å². The minimum atomic E-state index is -0.259. The van der Waals surface area contributed by atoms with Crippen LogP contribution in [-0.4, -0.2) is 6.03 Å². The summed E-state index contributed by atoms with van der Waals surface area (Å²) in [6.07, 6.45) is 0.595. The number of rotatable bonds is 4. The lowest BCUT2D eigenvalue weighted by Gasteiger charge is -2.31.